The summed E-state index contributed by atoms with van der Waals surface area (Å²) in [7, 11) is 0. The van der Waals surface area contributed by atoms with Gasteiger partial charge in [0.25, 0.3) is 0 Å². The molecule has 0 heterocycles. The van der Waals surface area contributed by atoms with Gasteiger partial charge in [-0.05, 0) is 25.0 Å². The molecule has 0 aliphatic rings. The molecule has 1 aromatic rings. The van der Waals surface area contributed by atoms with Crippen LogP contribution in [-0.4, -0.2) is 0 Å². The summed E-state index contributed by atoms with van der Waals surface area (Å²) in [5.74, 6) is 0. The van der Waals surface area contributed by atoms with E-state index >= 15 is 0 Å². The first-order valence-corrected chi connectivity index (χ1v) is 3.43. The van der Waals surface area contributed by atoms with E-state index in [1.165, 1.54) is 11.1 Å². The van der Waals surface area contributed by atoms with Crippen LogP contribution in [0.25, 0.3) is 5.57 Å². The lowest BCUT2D eigenvalue weighted by molar-refractivity contribution is 1.41. The third kappa shape index (κ3) is 2.23. The summed E-state index contributed by atoms with van der Waals surface area (Å²) in [4.78, 5) is 0. The van der Waals surface area contributed by atoms with Gasteiger partial charge in [0, 0.05) is 1.43 Å². The Kier molecular flexibility index (Phi) is 3.59. The number of rotatable bonds is 1. The molecule has 1 aromatic carbocycles. The van der Waals surface area contributed by atoms with E-state index in [-0.39, 0.29) is 8.85 Å². The van der Waals surface area contributed by atoms with Crippen molar-refractivity contribution in [2.24, 2.45) is 0 Å². The molecule has 1 rings (SSSR count). The lowest BCUT2D eigenvalue weighted by Crippen LogP contribution is -1.81. The van der Waals surface area contributed by atoms with E-state index in [9.17, 15) is 0 Å². The molecule has 0 aliphatic heterocycles. The zero-order valence-electron chi connectivity index (χ0n) is 6.52. The van der Waals surface area contributed by atoms with E-state index in [0.717, 1.165) is 5.57 Å². The fourth-order valence-electron chi connectivity index (χ4n) is 1.05. The fraction of sp³-hybridized carbons (Fsp3) is 0.273. The third-order valence-electron chi connectivity index (χ3n) is 1.60. The van der Waals surface area contributed by atoms with Gasteiger partial charge in [-0.1, -0.05) is 43.8 Å². The van der Waals surface area contributed by atoms with Crippen LogP contribution in [0.1, 0.15) is 26.9 Å². The molecule has 0 radical (unpaired) electrons. The smallest absolute Gasteiger partial charge is 0 e. The van der Waals surface area contributed by atoms with Gasteiger partial charge in [0.1, 0.15) is 0 Å². The summed E-state index contributed by atoms with van der Waals surface area (Å²) in [6.45, 7) is 8.02. The quantitative estimate of drug-likeness (QED) is 0.569. The Bertz CT molecular complexity index is 251. The zero-order chi connectivity index (χ0) is 7.56. The summed E-state index contributed by atoms with van der Waals surface area (Å²) in [6, 6.07) is 8.28. The van der Waals surface area contributed by atoms with Crippen LogP contribution in [0.2, 0.25) is 0 Å². The normalized spacial score (nSPS) is 8.55. The fourth-order valence-corrected chi connectivity index (χ4v) is 1.05. The Labute approximate surface area is 71.1 Å². The number of benzene rings is 1. The van der Waals surface area contributed by atoms with Crippen molar-refractivity contribution in [3.63, 3.8) is 0 Å². The van der Waals surface area contributed by atoms with Crippen molar-refractivity contribution in [3.8, 4) is 0 Å². The standard InChI is InChI=1S/C10H12.CH4.H2/c1-8(2)10-7-5-4-6-9(10)3;;/h4-7H,1H2,2-3H3;1H4;1H. The molecule has 0 bridgehead atoms. The van der Waals surface area contributed by atoms with Crippen molar-refractivity contribution < 1.29 is 1.43 Å². The molecule has 62 valence electrons. The Morgan fingerprint density at radius 1 is 1.36 bits per heavy atom. The maximum atomic E-state index is 3.89. The molecule has 0 unspecified atom stereocenters. The van der Waals surface area contributed by atoms with Crippen molar-refractivity contribution in [1.29, 1.82) is 0 Å². The second-order valence-electron chi connectivity index (χ2n) is 2.60. The second kappa shape index (κ2) is 3.97. The van der Waals surface area contributed by atoms with Crippen LogP contribution in [0, 0.1) is 6.92 Å². The molecule has 0 spiro atoms. The lowest BCUT2D eigenvalue weighted by atomic mass is 10.0. The van der Waals surface area contributed by atoms with Gasteiger partial charge < -0.3 is 0 Å². The number of allylic oxidation sites excluding steroid dienone is 1. The molecule has 0 N–H and O–H groups in total. The van der Waals surface area contributed by atoms with Crippen molar-refractivity contribution in [1.82, 2.24) is 0 Å². The van der Waals surface area contributed by atoms with Crippen LogP contribution >= 0.6 is 0 Å². The number of hydrogen-bond acceptors (Lipinski definition) is 0. The summed E-state index contributed by atoms with van der Waals surface area (Å²) >= 11 is 0. The highest BCUT2D eigenvalue weighted by Gasteiger charge is 1.94. The van der Waals surface area contributed by atoms with Crippen LogP contribution in [-0.2, 0) is 0 Å². The average molecular weight is 150 g/mol. The van der Waals surface area contributed by atoms with Gasteiger partial charge in [0.2, 0.25) is 0 Å². The molecule has 0 amide bonds. The van der Waals surface area contributed by atoms with Crippen LogP contribution in [0.4, 0.5) is 0 Å². The first-order chi connectivity index (χ1) is 4.72. The minimum absolute atomic E-state index is 0. The molecule has 0 aromatic heterocycles. The van der Waals surface area contributed by atoms with Crippen LogP contribution in [0.5, 0.6) is 0 Å². The van der Waals surface area contributed by atoms with Crippen LogP contribution in [0.3, 0.4) is 0 Å². The summed E-state index contributed by atoms with van der Waals surface area (Å²) < 4.78 is 0. The van der Waals surface area contributed by atoms with Crippen molar-refractivity contribution >= 4 is 5.57 Å². The highest BCUT2D eigenvalue weighted by atomic mass is 14.0. The average Bonchev–Trinajstić information content (AvgIpc) is 1.88. The Hall–Kier alpha value is -1.04. The maximum absolute atomic E-state index is 3.89. The van der Waals surface area contributed by atoms with Crippen molar-refractivity contribution in [2.75, 3.05) is 0 Å². The van der Waals surface area contributed by atoms with E-state index in [2.05, 4.69) is 25.6 Å². The van der Waals surface area contributed by atoms with E-state index in [0.29, 0.717) is 0 Å². The van der Waals surface area contributed by atoms with E-state index in [1.807, 2.05) is 19.1 Å². The summed E-state index contributed by atoms with van der Waals surface area (Å²) in [5, 5.41) is 0. The SMILES string of the molecule is C.C=C(C)c1ccccc1C.[HH]. The topological polar surface area (TPSA) is 0 Å². The number of aryl methyl sites for hydroxylation is 1. The number of hydrogen-bond donors (Lipinski definition) is 0. The molecular formula is C11H18. The van der Waals surface area contributed by atoms with Crippen molar-refractivity contribution in [2.45, 2.75) is 21.3 Å². The van der Waals surface area contributed by atoms with Crippen LogP contribution < -0.4 is 0 Å². The first-order valence-electron chi connectivity index (χ1n) is 3.43. The van der Waals surface area contributed by atoms with Gasteiger partial charge in [-0.25, -0.2) is 0 Å². The van der Waals surface area contributed by atoms with Crippen LogP contribution in [0.15, 0.2) is 30.8 Å². The highest BCUT2D eigenvalue weighted by Crippen LogP contribution is 2.14. The van der Waals surface area contributed by atoms with Crippen molar-refractivity contribution in [3.05, 3.63) is 42.0 Å². The summed E-state index contributed by atoms with van der Waals surface area (Å²) in [6.07, 6.45) is 0. The molecule has 0 heteroatoms. The highest BCUT2D eigenvalue weighted by molar-refractivity contribution is 5.63. The lowest BCUT2D eigenvalue weighted by Gasteiger charge is -2.02. The first kappa shape index (κ1) is 9.96. The van der Waals surface area contributed by atoms with Gasteiger partial charge in [-0.15, -0.1) is 0 Å². The molecular weight excluding hydrogens is 132 g/mol. The molecule has 0 atom stereocenters. The second-order valence-corrected chi connectivity index (χ2v) is 2.60. The Morgan fingerprint density at radius 2 is 1.91 bits per heavy atom. The third-order valence-corrected chi connectivity index (χ3v) is 1.60. The molecule has 0 nitrogen and oxygen atoms in total. The predicted octanol–water partition coefficient (Wildman–Crippen LogP) is 3.91. The molecule has 11 heavy (non-hydrogen) atoms. The minimum atomic E-state index is 0. The largest absolute Gasteiger partial charge is 0.0955 e. The minimum Gasteiger partial charge on any atom is -0.0955 e. The predicted molar refractivity (Wildman–Crippen MR) is 54.7 cm³/mol. The molecule has 0 saturated carbocycles. The van der Waals surface area contributed by atoms with E-state index < -0.39 is 0 Å². The zero-order valence-corrected chi connectivity index (χ0v) is 6.52. The maximum Gasteiger partial charge on any atom is 0 e. The molecule has 0 fully saturated rings. The van der Waals surface area contributed by atoms with Gasteiger partial charge in [-0.3, -0.25) is 0 Å². The molecule has 0 aliphatic carbocycles. The van der Waals surface area contributed by atoms with Gasteiger partial charge in [0.05, 0.1) is 0 Å². The van der Waals surface area contributed by atoms with Gasteiger partial charge in [-0.2, -0.15) is 0 Å². The van der Waals surface area contributed by atoms with Gasteiger partial charge in [0.15, 0.2) is 0 Å². The molecule has 0 saturated heterocycles. The Morgan fingerprint density at radius 3 is 2.27 bits per heavy atom. The van der Waals surface area contributed by atoms with Gasteiger partial charge >= 0.3 is 0 Å². The Balaban J connectivity index is 0. The van der Waals surface area contributed by atoms with E-state index in [1.54, 1.807) is 0 Å². The van der Waals surface area contributed by atoms with E-state index in [4.69, 9.17) is 0 Å². The summed E-state index contributed by atoms with van der Waals surface area (Å²) in [5.41, 5.74) is 3.70. The monoisotopic (exact) mass is 150 g/mol.